The number of aromatic nitrogens is 3. The maximum absolute atomic E-state index is 12.0. The zero-order valence-corrected chi connectivity index (χ0v) is 13.2. The van der Waals surface area contributed by atoms with Crippen LogP contribution in [0, 0.1) is 0 Å². The highest BCUT2D eigenvalue weighted by Crippen LogP contribution is 2.19. The van der Waals surface area contributed by atoms with Gasteiger partial charge in [0.15, 0.2) is 6.39 Å². The average Bonchev–Trinajstić information content (AvgIpc) is 3.30. The normalized spacial score (nSPS) is 10.7. The standard InChI is InChI=1S/C18H15N5O2/c24-18(20-10-16-9-19-12-25-16)21-14-7-6-13-11-23(22-17(13)8-14)15-4-2-1-3-5-15/h1-9,11-12H,10H2,(H2,20,21,24). The van der Waals surface area contributed by atoms with E-state index in [4.69, 9.17) is 4.42 Å². The summed E-state index contributed by atoms with van der Waals surface area (Å²) >= 11 is 0. The summed E-state index contributed by atoms with van der Waals surface area (Å²) in [4.78, 5) is 15.8. The van der Waals surface area contributed by atoms with Crippen LogP contribution < -0.4 is 10.6 Å². The van der Waals surface area contributed by atoms with Crippen molar-refractivity contribution in [1.82, 2.24) is 20.1 Å². The van der Waals surface area contributed by atoms with Crippen LogP contribution in [0.4, 0.5) is 10.5 Å². The number of carbonyl (C=O) groups excluding carboxylic acids is 1. The van der Waals surface area contributed by atoms with Gasteiger partial charge in [0.25, 0.3) is 0 Å². The van der Waals surface area contributed by atoms with Gasteiger partial charge in [-0.25, -0.2) is 14.5 Å². The molecule has 2 aromatic heterocycles. The third-order valence-electron chi connectivity index (χ3n) is 3.69. The van der Waals surface area contributed by atoms with Gasteiger partial charge in [0, 0.05) is 17.3 Å². The maximum atomic E-state index is 12.0. The van der Waals surface area contributed by atoms with Crippen LogP contribution in [0.15, 0.2) is 71.7 Å². The Morgan fingerprint density at radius 2 is 2.04 bits per heavy atom. The Morgan fingerprint density at radius 3 is 2.84 bits per heavy atom. The minimum atomic E-state index is -0.321. The molecule has 0 atom stereocenters. The predicted molar refractivity (Wildman–Crippen MR) is 93.4 cm³/mol. The molecule has 0 spiro atoms. The van der Waals surface area contributed by atoms with Gasteiger partial charge in [0.05, 0.1) is 23.9 Å². The molecule has 0 unspecified atom stereocenters. The molecule has 124 valence electrons. The van der Waals surface area contributed by atoms with Crippen LogP contribution in [0.1, 0.15) is 5.76 Å². The minimum absolute atomic E-state index is 0.275. The van der Waals surface area contributed by atoms with Gasteiger partial charge in [-0.2, -0.15) is 5.10 Å². The van der Waals surface area contributed by atoms with Gasteiger partial charge < -0.3 is 15.1 Å². The second-order valence-electron chi connectivity index (χ2n) is 5.46. The third kappa shape index (κ3) is 3.35. The van der Waals surface area contributed by atoms with Crippen molar-refractivity contribution in [2.24, 2.45) is 0 Å². The van der Waals surface area contributed by atoms with Crippen LogP contribution in [0.5, 0.6) is 0 Å². The van der Waals surface area contributed by atoms with Crippen molar-refractivity contribution in [3.8, 4) is 5.69 Å². The van der Waals surface area contributed by atoms with E-state index in [2.05, 4.69) is 20.7 Å². The molecular formula is C18H15N5O2. The monoisotopic (exact) mass is 333 g/mol. The number of rotatable bonds is 4. The number of para-hydroxylation sites is 1. The molecule has 0 aliphatic rings. The van der Waals surface area contributed by atoms with Gasteiger partial charge in [0.1, 0.15) is 5.76 Å². The number of hydrogen-bond donors (Lipinski definition) is 2. The molecular weight excluding hydrogens is 318 g/mol. The van der Waals surface area contributed by atoms with Crippen molar-refractivity contribution in [1.29, 1.82) is 0 Å². The van der Waals surface area contributed by atoms with E-state index in [1.54, 1.807) is 6.20 Å². The van der Waals surface area contributed by atoms with E-state index in [1.165, 1.54) is 6.39 Å². The number of hydrogen-bond acceptors (Lipinski definition) is 4. The lowest BCUT2D eigenvalue weighted by Crippen LogP contribution is -2.27. The molecule has 7 nitrogen and oxygen atoms in total. The Morgan fingerprint density at radius 1 is 1.16 bits per heavy atom. The second kappa shape index (κ2) is 6.48. The van der Waals surface area contributed by atoms with Gasteiger partial charge in [-0.05, 0) is 30.3 Å². The van der Waals surface area contributed by atoms with Crippen molar-refractivity contribution in [2.45, 2.75) is 6.54 Å². The topological polar surface area (TPSA) is 85.0 Å². The van der Waals surface area contributed by atoms with Crippen molar-refractivity contribution >= 4 is 22.6 Å². The van der Waals surface area contributed by atoms with Crippen LogP contribution in [0.3, 0.4) is 0 Å². The summed E-state index contributed by atoms with van der Waals surface area (Å²) in [6, 6.07) is 15.2. The number of carbonyl (C=O) groups is 1. The van der Waals surface area contributed by atoms with Crippen molar-refractivity contribution in [2.75, 3.05) is 5.32 Å². The molecule has 0 aliphatic heterocycles. The quantitative estimate of drug-likeness (QED) is 0.600. The fourth-order valence-electron chi connectivity index (χ4n) is 2.48. The van der Waals surface area contributed by atoms with Gasteiger partial charge in [0.2, 0.25) is 0 Å². The number of benzene rings is 2. The van der Waals surface area contributed by atoms with Gasteiger partial charge in [-0.1, -0.05) is 18.2 Å². The van der Waals surface area contributed by atoms with E-state index < -0.39 is 0 Å². The fraction of sp³-hybridized carbons (Fsp3) is 0.0556. The predicted octanol–water partition coefficient (Wildman–Crippen LogP) is 3.34. The highest BCUT2D eigenvalue weighted by atomic mass is 16.3. The molecule has 4 aromatic rings. The SMILES string of the molecule is O=C(NCc1cnco1)Nc1ccc2cn(-c3ccccc3)nc2c1. The molecule has 0 bridgehead atoms. The first-order valence-electron chi connectivity index (χ1n) is 7.75. The fourth-order valence-corrected chi connectivity index (χ4v) is 2.48. The molecule has 0 saturated heterocycles. The van der Waals surface area contributed by atoms with Crippen molar-refractivity contribution < 1.29 is 9.21 Å². The van der Waals surface area contributed by atoms with E-state index in [-0.39, 0.29) is 12.6 Å². The molecule has 0 fully saturated rings. The largest absolute Gasteiger partial charge is 0.447 e. The van der Waals surface area contributed by atoms with Crippen LogP contribution in [0.2, 0.25) is 0 Å². The summed E-state index contributed by atoms with van der Waals surface area (Å²) in [5, 5.41) is 11.0. The molecule has 2 N–H and O–H groups in total. The number of amides is 2. The molecule has 25 heavy (non-hydrogen) atoms. The average molecular weight is 333 g/mol. The zero-order chi connectivity index (χ0) is 17.1. The number of oxazole rings is 1. The van der Waals surface area contributed by atoms with Crippen LogP contribution in [-0.2, 0) is 6.54 Å². The minimum Gasteiger partial charge on any atom is -0.447 e. The molecule has 2 amide bonds. The Bertz CT molecular complexity index is 993. The molecule has 0 saturated carbocycles. The Balaban J connectivity index is 1.48. The maximum Gasteiger partial charge on any atom is 0.319 e. The molecule has 2 heterocycles. The van der Waals surface area contributed by atoms with E-state index in [1.807, 2.05) is 59.4 Å². The van der Waals surface area contributed by atoms with Gasteiger partial charge >= 0.3 is 6.03 Å². The summed E-state index contributed by atoms with van der Waals surface area (Å²) in [5.74, 6) is 0.590. The number of nitrogens with one attached hydrogen (secondary N) is 2. The van der Waals surface area contributed by atoms with E-state index in [9.17, 15) is 4.79 Å². The lowest BCUT2D eigenvalue weighted by molar-refractivity contribution is 0.251. The highest BCUT2D eigenvalue weighted by molar-refractivity contribution is 5.92. The second-order valence-corrected chi connectivity index (χ2v) is 5.46. The number of fused-ring (bicyclic) bond motifs is 1. The first-order valence-corrected chi connectivity index (χ1v) is 7.75. The molecule has 4 rings (SSSR count). The summed E-state index contributed by atoms with van der Waals surface area (Å²) in [5.41, 5.74) is 2.45. The van der Waals surface area contributed by atoms with Gasteiger partial charge in [-0.3, -0.25) is 0 Å². The first-order chi connectivity index (χ1) is 12.3. The summed E-state index contributed by atoms with van der Waals surface area (Å²) in [6.07, 6.45) is 4.84. The molecule has 7 heteroatoms. The van der Waals surface area contributed by atoms with E-state index in [0.717, 1.165) is 16.6 Å². The molecule has 0 aliphatic carbocycles. The Labute approximate surface area is 143 Å². The molecule has 2 aromatic carbocycles. The lowest BCUT2D eigenvalue weighted by atomic mass is 10.2. The Hall–Kier alpha value is -3.61. The first kappa shape index (κ1) is 14.9. The van der Waals surface area contributed by atoms with E-state index in [0.29, 0.717) is 11.4 Å². The number of urea groups is 1. The van der Waals surface area contributed by atoms with Crippen LogP contribution >= 0.6 is 0 Å². The zero-order valence-electron chi connectivity index (χ0n) is 13.2. The number of anilines is 1. The summed E-state index contributed by atoms with van der Waals surface area (Å²) in [6.45, 7) is 0.275. The van der Waals surface area contributed by atoms with E-state index >= 15 is 0 Å². The summed E-state index contributed by atoms with van der Waals surface area (Å²) in [7, 11) is 0. The third-order valence-corrected chi connectivity index (χ3v) is 3.69. The van der Waals surface area contributed by atoms with Crippen LogP contribution in [0.25, 0.3) is 16.6 Å². The molecule has 0 radical (unpaired) electrons. The number of nitrogens with zero attached hydrogens (tertiary/aromatic N) is 3. The van der Waals surface area contributed by atoms with Crippen molar-refractivity contribution in [3.63, 3.8) is 0 Å². The van der Waals surface area contributed by atoms with Gasteiger partial charge in [-0.15, -0.1) is 0 Å². The van der Waals surface area contributed by atoms with Crippen molar-refractivity contribution in [3.05, 3.63) is 73.1 Å². The summed E-state index contributed by atoms with van der Waals surface area (Å²) < 4.78 is 6.89. The highest BCUT2D eigenvalue weighted by Gasteiger charge is 2.07. The Kier molecular flexibility index (Phi) is 3.88. The van der Waals surface area contributed by atoms with Crippen LogP contribution in [-0.4, -0.2) is 20.8 Å². The smallest absolute Gasteiger partial charge is 0.319 e. The lowest BCUT2D eigenvalue weighted by Gasteiger charge is -2.06.